The van der Waals surface area contributed by atoms with Gasteiger partial charge in [-0.2, -0.15) is 0 Å². The van der Waals surface area contributed by atoms with Gasteiger partial charge in [-0.3, -0.25) is 0 Å². The summed E-state index contributed by atoms with van der Waals surface area (Å²) in [4.78, 5) is 0.120. The standard InChI is InChI=1S/C20H19NO2S/c1-14-7-8-17(13-15(14)2)20-6-4-3-5-19(20)16-9-11-18(12-10-16)24(21,22)23/h3-13H,1-2H3,(H2,21,22,23). The summed E-state index contributed by atoms with van der Waals surface area (Å²) in [7, 11) is -3.67. The highest BCUT2D eigenvalue weighted by molar-refractivity contribution is 7.89. The van der Waals surface area contributed by atoms with Gasteiger partial charge in [0.2, 0.25) is 10.0 Å². The van der Waals surface area contributed by atoms with E-state index in [9.17, 15) is 8.42 Å². The van der Waals surface area contributed by atoms with E-state index < -0.39 is 10.0 Å². The van der Waals surface area contributed by atoms with Gasteiger partial charge in [0.05, 0.1) is 4.90 Å². The van der Waals surface area contributed by atoms with Crippen LogP contribution in [-0.2, 0) is 10.0 Å². The van der Waals surface area contributed by atoms with Crippen molar-refractivity contribution in [1.29, 1.82) is 0 Å². The van der Waals surface area contributed by atoms with E-state index in [1.807, 2.05) is 18.2 Å². The van der Waals surface area contributed by atoms with E-state index >= 15 is 0 Å². The van der Waals surface area contributed by atoms with Gasteiger partial charge < -0.3 is 0 Å². The molecule has 0 saturated carbocycles. The van der Waals surface area contributed by atoms with Crippen molar-refractivity contribution >= 4 is 10.0 Å². The molecule has 0 fully saturated rings. The summed E-state index contributed by atoms with van der Waals surface area (Å²) in [5.74, 6) is 0. The number of nitrogens with two attached hydrogens (primary N) is 1. The van der Waals surface area contributed by atoms with Crippen molar-refractivity contribution in [3.63, 3.8) is 0 Å². The molecule has 0 amide bonds. The summed E-state index contributed by atoms with van der Waals surface area (Å²) in [6.07, 6.45) is 0. The molecule has 0 aliphatic carbocycles. The van der Waals surface area contributed by atoms with E-state index in [1.54, 1.807) is 24.3 Å². The zero-order chi connectivity index (χ0) is 17.3. The lowest BCUT2D eigenvalue weighted by atomic mass is 9.93. The number of benzene rings is 3. The van der Waals surface area contributed by atoms with Crippen molar-refractivity contribution in [2.45, 2.75) is 18.7 Å². The van der Waals surface area contributed by atoms with E-state index in [0.29, 0.717) is 0 Å². The van der Waals surface area contributed by atoms with Crippen molar-refractivity contribution in [2.24, 2.45) is 5.14 Å². The molecule has 0 aliphatic rings. The van der Waals surface area contributed by atoms with Gasteiger partial charge in [-0.1, -0.05) is 54.6 Å². The number of aryl methyl sites for hydroxylation is 2. The molecule has 0 unspecified atom stereocenters. The third kappa shape index (κ3) is 3.25. The van der Waals surface area contributed by atoms with Crippen LogP contribution in [0, 0.1) is 13.8 Å². The fourth-order valence-corrected chi connectivity index (χ4v) is 3.24. The molecular formula is C20H19NO2S. The lowest BCUT2D eigenvalue weighted by molar-refractivity contribution is 0.598. The molecule has 3 aromatic rings. The van der Waals surface area contributed by atoms with Crippen molar-refractivity contribution in [1.82, 2.24) is 0 Å². The fourth-order valence-electron chi connectivity index (χ4n) is 2.72. The molecule has 0 bridgehead atoms. The minimum absolute atomic E-state index is 0.120. The SMILES string of the molecule is Cc1ccc(-c2ccccc2-c2ccc(S(N)(=O)=O)cc2)cc1C. The van der Waals surface area contributed by atoms with Gasteiger partial charge in [-0.25, -0.2) is 13.6 Å². The Morgan fingerprint density at radius 2 is 1.25 bits per heavy atom. The van der Waals surface area contributed by atoms with Crippen LogP contribution in [0.4, 0.5) is 0 Å². The molecule has 3 nitrogen and oxygen atoms in total. The molecule has 3 aromatic carbocycles. The minimum atomic E-state index is -3.67. The molecule has 2 N–H and O–H groups in total. The van der Waals surface area contributed by atoms with E-state index in [0.717, 1.165) is 22.3 Å². The first-order valence-corrected chi connectivity index (χ1v) is 9.21. The predicted octanol–water partition coefficient (Wildman–Crippen LogP) is 4.28. The summed E-state index contributed by atoms with van der Waals surface area (Å²) < 4.78 is 22.8. The third-order valence-electron chi connectivity index (χ3n) is 4.24. The Bertz CT molecular complexity index is 990. The van der Waals surface area contributed by atoms with E-state index in [4.69, 9.17) is 5.14 Å². The number of hydrogen-bond donors (Lipinski definition) is 1. The van der Waals surface area contributed by atoms with Gasteiger partial charge in [-0.15, -0.1) is 0 Å². The molecule has 0 radical (unpaired) electrons. The van der Waals surface area contributed by atoms with E-state index in [1.165, 1.54) is 11.1 Å². The second-order valence-electron chi connectivity index (χ2n) is 5.91. The Morgan fingerprint density at radius 1 is 0.708 bits per heavy atom. The smallest absolute Gasteiger partial charge is 0.225 e. The van der Waals surface area contributed by atoms with Crippen LogP contribution in [0.1, 0.15) is 11.1 Å². The van der Waals surface area contributed by atoms with Crippen LogP contribution in [0.5, 0.6) is 0 Å². The highest BCUT2D eigenvalue weighted by Gasteiger charge is 2.10. The number of primary sulfonamides is 1. The van der Waals surface area contributed by atoms with Crippen LogP contribution in [0.15, 0.2) is 71.6 Å². The first-order valence-electron chi connectivity index (χ1n) is 7.66. The molecule has 0 saturated heterocycles. The monoisotopic (exact) mass is 337 g/mol. The second kappa shape index (κ2) is 6.23. The highest BCUT2D eigenvalue weighted by atomic mass is 32.2. The molecule has 3 rings (SSSR count). The van der Waals surface area contributed by atoms with E-state index in [2.05, 4.69) is 38.1 Å². The van der Waals surface area contributed by atoms with Crippen LogP contribution >= 0.6 is 0 Å². The minimum Gasteiger partial charge on any atom is -0.225 e. The Labute approximate surface area is 142 Å². The quantitative estimate of drug-likeness (QED) is 0.775. The van der Waals surface area contributed by atoms with Crippen molar-refractivity contribution in [2.75, 3.05) is 0 Å². The zero-order valence-electron chi connectivity index (χ0n) is 13.7. The molecule has 0 spiro atoms. The summed E-state index contributed by atoms with van der Waals surface area (Å²) in [6, 6.07) is 21.2. The average Bonchev–Trinajstić information content (AvgIpc) is 2.57. The third-order valence-corrected chi connectivity index (χ3v) is 5.17. The Balaban J connectivity index is 2.11. The average molecular weight is 337 g/mol. The van der Waals surface area contributed by atoms with Gasteiger partial charge >= 0.3 is 0 Å². The molecule has 0 heterocycles. The molecule has 24 heavy (non-hydrogen) atoms. The maximum atomic E-state index is 11.4. The predicted molar refractivity (Wildman–Crippen MR) is 98.2 cm³/mol. The first-order chi connectivity index (χ1) is 11.4. The van der Waals surface area contributed by atoms with Gasteiger partial charge in [-0.05, 0) is 59.4 Å². The van der Waals surface area contributed by atoms with Crippen LogP contribution < -0.4 is 5.14 Å². The molecular weight excluding hydrogens is 318 g/mol. The van der Waals surface area contributed by atoms with Crippen LogP contribution in [0.25, 0.3) is 22.3 Å². The lowest BCUT2D eigenvalue weighted by Gasteiger charge is -2.12. The number of sulfonamides is 1. The maximum absolute atomic E-state index is 11.4. The number of rotatable bonds is 3. The molecule has 0 aromatic heterocycles. The largest absolute Gasteiger partial charge is 0.238 e. The van der Waals surface area contributed by atoms with Gasteiger partial charge in [0.15, 0.2) is 0 Å². The Morgan fingerprint density at radius 3 is 1.79 bits per heavy atom. The van der Waals surface area contributed by atoms with Crippen molar-refractivity contribution in [3.05, 3.63) is 77.9 Å². The van der Waals surface area contributed by atoms with Gasteiger partial charge in [0, 0.05) is 0 Å². The van der Waals surface area contributed by atoms with Crippen LogP contribution in [0.3, 0.4) is 0 Å². The van der Waals surface area contributed by atoms with Gasteiger partial charge in [0.1, 0.15) is 0 Å². The highest BCUT2D eigenvalue weighted by Crippen LogP contribution is 2.33. The molecule has 0 aliphatic heterocycles. The maximum Gasteiger partial charge on any atom is 0.238 e. The van der Waals surface area contributed by atoms with Crippen molar-refractivity contribution in [3.8, 4) is 22.3 Å². The van der Waals surface area contributed by atoms with Crippen molar-refractivity contribution < 1.29 is 8.42 Å². The number of hydrogen-bond acceptors (Lipinski definition) is 2. The summed E-state index contributed by atoms with van der Waals surface area (Å²) in [6.45, 7) is 4.19. The fraction of sp³-hybridized carbons (Fsp3) is 0.100. The Hall–Kier alpha value is -2.43. The van der Waals surface area contributed by atoms with Gasteiger partial charge in [0.25, 0.3) is 0 Å². The summed E-state index contributed by atoms with van der Waals surface area (Å²) in [5, 5.41) is 5.17. The summed E-state index contributed by atoms with van der Waals surface area (Å²) >= 11 is 0. The van der Waals surface area contributed by atoms with Crippen LogP contribution in [0.2, 0.25) is 0 Å². The second-order valence-corrected chi connectivity index (χ2v) is 7.48. The normalized spacial score (nSPS) is 11.5. The summed E-state index contributed by atoms with van der Waals surface area (Å²) in [5.41, 5.74) is 6.77. The molecule has 122 valence electrons. The lowest BCUT2D eigenvalue weighted by Crippen LogP contribution is -2.11. The zero-order valence-corrected chi connectivity index (χ0v) is 14.5. The van der Waals surface area contributed by atoms with Crippen LogP contribution in [-0.4, -0.2) is 8.42 Å². The van der Waals surface area contributed by atoms with E-state index in [-0.39, 0.29) is 4.90 Å². The Kier molecular flexibility index (Phi) is 4.26. The first kappa shape index (κ1) is 16.4. The topological polar surface area (TPSA) is 60.2 Å². The molecule has 4 heteroatoms. The molecule has 0 atom stereocenters.